The van der Waals surface area contributed by atoms with Gasteiger partial charge in [0.15, 0.2) is 0 Å². The number of aliphatic hydroxyl groups is 1. The van der Waals surface area contributed by atoms with Gasteiger partial charge in [-0.3, -0.25) is 9.59 Å². The first kappa shape index (κ1) is 19.6. The Hall–Kier alpha value is -2.19. The standard InChI is InChI=1S/C18H15Cl2N3O3S/c1-10(8-24)21-17(25)14-7-15(11-2-4-12(19)5-3-11)22-23(18(14)26)13-6-16(20)27-9-13/h2-7,9-10,24H,8H2,1H3,(H,21,25). The van der Waals surface area contributed by atoms with E-state index >= 15 is 0 Å². The highest BCUT2D eigenvalue weighted by atomic mass is 35.5. The van der Waals surface area contributed by atoms with E-state index in [1.807, 2.05) is 0 Å². The van der Waals surface area contributed by atoms with Crippen molar-refractivity contribution in [2.75, 3.05) is 6.61 Å². The fraction of sp³-hybridized carbons (Fsp3) is 0.167. The number of benzene rings is 1. The van der Waals surface area contributed by atoms with Crippen molar-refractivity contribution < 1.29 is 9.90 Å². The number of nitrogens with zero attached hydrogens (tertiary/aromatic N) is 2. The Bertz CT molecular complexity index is 1030. The number of amides is 1. The number of carbonyl (C=O) groups is 1. The van der Waals surface area contributed by atoms with Gasteiger partial charge in [0.25, 0.3) is 11.5 Å². The molecular weight excluding hydrogens is 409 g/mol. The number of halogens is 2. The first-order chi connectivity index (χ1) is 12.9. The third kappa shape index (κ3) is 4.39. The summed E-state index contributed by atoms with van der Waals surface area (Å²) in [6.45, 7) is 1.39. The highest BCUT2D eigenvalue weighted by Gasteiger charge is 2.19. The Morgan fingerprint density at radius 2 is 2.00 bits per heavy atom. The SMILES string of the molecule is CC(CO)NC(=O)c1cc(-c2ccc(Cl)cc2)nn(-c2csc(Cl)c2)c1=O. The Kier molecular flexibility index (Phi) is 5.96. The van der Waals surface area contributed by atoms with Gasteiger partial charge in [-0.25, -0.2) is 0 Å². The molecule has 1 amide bonds. The summed E-state index contributed by atoms with van der Waals surface area (Å²) < 4.78 is 1.64. The first-order valence-electron chi connectivity index (χ1n) is 7.95. The quantitative estimate of drug-likeness (QED) is 0.658. The molecular formula is C18H15Cl2N3O3S. The second-order valence-electron chi connectivity index (χ2n) is 5.83. The number of rotatable bonds is 5. The van der Waals surface area contributed by atoms with Crippen LogP contribution >= 0.6 is 34.5 Å². The maximum absolute atomic E-state index is 12.8. The van der Waals surface area contributed by atoms with Crippen molar-refractivity contribution in [1.29, 1.82) is 0 Å². The van der Waals surface area contributed by atoms with Gasteiger partial charge < -0.3 is 10.4 Å². The predicted molar refractivity (Wildman–Crippen MR) is 107 cm³/mol. The van der Waals surface area contributed by atoms with Gasteiger partial charge in [-0.15, -0.1) is 11.3 Å². The van der Waals surface area contributed by atoms with E-state index in [1.54, 1.807) is 42.6 Å². The van der Waals surface area contributed by atoms with Crippen LogP contribution in [0.15, 0.2) is 46.6 Å². The molecule has 1 aromatic carbocycles. The minimum atomic E-state index is -0.589. The third-order valence-corrected chi connectivity index (χ3v) is 5.08. The molecule has 0 bridgehead atoms. The van der Waals surface area contributed by atoms with E-state index in [2.05, 4.69) is 10.4 Å². The van der Waals surface area contributed by atoms with Crippen LogP contribution in [0.4, 0.5) is 0 Å². The molecule has 0 aliphatic carbocycles. The molecule has 2 N–H and O–H groups in total. The van der Waals surface area contributed by atoms with Crippen LogP contribution in [0.25, 0.3) is 16.9 Å². The van der Waals surface area contributed by atoms with Crippen LogP contribution in [-0.2, 0) is 0 Å². The Labute approximate surface area is 169 Å². The summed E-state index contributed by atoms with van der Waals surface area (Å²) in [7, 11) is 0. The van der Waals surface area contributed by atoms with Crippen molar-refractivity contribution in [1.82, 2.24) is 15.1 Å². The van der Waals surface area contributed by atoms with Gasteiger partial charge in [0.2, 0.25) is 0 Å². The van der Waals surface area contributed by atoms with E-state index in [9.17, 15) is 9.59 Å². The molecule has 0 saturated carbocycles. The normalized spacial score (nSPS) is 12.0. The molecule has 0 aliphatic heterocycles. The number of hydrogen-bond donors (Lipinski definition) is 2. The zero-order chi connectivity index (χ0) is 19.6. The third-order valence-electron chi connectivity index (χ3n) is 3.75. The van der Waals surface area contributed by atoms with E-state index in [0.29, 0.717) is 26.3 Å². The Morgan fingerprint density at radius 1 is 1.30 bits per heavy atom. The number of aromatic nitrogens is 2. The van der Waals surface area contributed by atoms with Crippen LogP contribution in [0.1, 0.15) is 17.3 Å². The van der Waals surface area contributed by atoms with Crippen molar-refractivity contribution in [2.24, 2.45) is 0 Å². The molecule has 0 spiro atoms. The molecule has 0 aliphatic rings. The Morgan fingerprint density at radius 3 is 2.59 bits per heavy atom. The van der Waals surface area contributed by atoms with Crippen molar-refractivity contribution in [3.63, 3.8) is 0 Å². The van der Waals surface area contributed by atoms with Gasteiger partial charge in [-0.1, -0.05) is 35.3 Å². The molecule has 1 atom stereocenters. The van der Waals surface area contributed by atoms with E-state index in [1.165, 1.54) is 17.4 Å². The second-order valence-corrected chi connectivity index (χ2v) is 7.81. The molecule has 0 fully saturated rings. The lowest BCUT2D eigenvalue weighted by Gasteiger charge is -2.13. The average molecular weight is 424 g/mol. The van der Waals surface area contributed by atoms with Crippen LogP contribution in [0, 0.1) is 0 Å². The lowest BCUT2D eigenvalue weighted by Crippen LogP contribution is -2.39. The highest BCUT2D eigenvalue weighted by Crippen LogP contribution is 2.24. The predicted octanol–water partition coefficient (Wildman–Crippen LogP) is 3.38. The van der Waals surface area contributed by atoms with Gasteiger partial charge in [-0.05, 0) is 31.2 Å². The molecule has 3 rings (SSSR count). The van der Waals surface area contributed by atoms with E-state index < -0.39 is 17.5 Å². The molecule has 1 unspecified atom stereocenters. The van der Waals surface area contributed by atoms with Crippen LogP contribution in [0.5, 0.6) is 0 Å². The molecule has 140 valence electrons. The summed E-state index contributed by atoms with van der Waals surface area (Å²) in [5.41, 5.74) is 0.923. The number of nitrogens with one attached hydrogen (secondary N) is 1. The monoisotopic (exact) mass is 423 g/mol. The Balaban J connectivity index is 2.17. The number of carbonyl (C=O) groups excluding carboxylic acids is 1. The van der Waals surface area contributed by atoms with Gasteiger partial charge in [0.1, 0.15) is 5.56 Å². The van der Waals surface area contributed by atoms with Crippen LogP contribution in [0.3, 0.4) is 0 Å². The summed E-state index contributed by atoms with van der Waals surface area (Å²) in [4.78, 5) is 25.4. The largest absolute Gasteiger partial charge is 0.394 e. The number of aliphatic hydroxyl groups excluding tert-OH is 1. The van der Waals surface area contributed by atoms with Crippen molar-refractivity contribution >= 4 is 40.4 Å². The second kappa shape index (κ2) is 8.22. The zero-order valence-electron chi connectivity index (χ0n) is 14.1. The number of hydrogen-bond acceptors (Lipinski definition) is 5. The first-order valence-corrected chi connectivity index (χ1v) is 9.59. The van der Waals surface area contributed by atoms with Gasteiger partial charge >= 0.3 is 0 Å². The molecule has 6 nitrogen and oxygen atoms in total. The van der Waals surface area contributed by atoms with Crippen molar-refractivity contribution in [2.45, 2.75) is 13.0 Å². The molecule has 2 heterocycles. The van der Waals surface area contributed by atoms with E-state index in [0.717, 1.165) is 4.68 Å². The maximum atomic E-state index is 12.8. The molecule has 2 aromatic heterocycles. The summed E-state index contributed by atoms with van der Waals surface area (Å²) in [5, 5.41) is 18.4. The van der Waals surface area contributed by atoms with Crippen LogP contribution < -0.4 is 10.9 Å². The lowest BCUT2D eigenvalue weighted by molar-refractivity contribution is 0.0920. The summed E-state index contributed by atoms with van der Waals surface area (Å²) in [6, 6.07) is 9.43. The fourth-order valence-electron chi connectivity index (χ4n) is 2.35. The summed E-state index contributed by atoms with van der Waals surface area (Å²) in [5.74, 6) is -0.589. The van der Waals surface area contributed by atoms with Gasteiger partial charge in [-0.2, -0.15) is 9.78 Å². The number of thiophene rings is 1. The van der Waals surface area contributed by atoms with Crippen molar-refractivity contribution in [3.05, 3.63) is 67.1 Å². The zero-order valence-corrected chi connectivity index (χ0v) is 16.5. The lowest BCUT2D eigenvalue weighted by atomic mass is 10.1. The molecule has 9 heteroatoms. The van der Waals surface area contributed by atoms with Gasteiger partial charge in [0.05, 0.1) is 22.3 Å². The molecule has 0 saturated heterocycles. The maximum Gasteiger partial charge on any atom is 0.284 e. The van der Waals surface area contributed by atoms with Crippen molar-refractivity contribution in [3.8, 4) is 16.9 Å². The smallest absolute Gasteiger partial charge is 0.284 e. The highest BCUT2D eigenvalue weighted by molar-refractivity contribution is 7.14. The molecule has 27 heavy (non-hydrogen) atoms. The molecule has 3 aromatic rings. The minimum absolute atomic E-state index is 0.0856. The summed E-state index contributed by atoms with van der Waals surface area (Å²) >= 11 is 13.2. The minimum Gasteiger partial charge on any atom is -0.394 e. The van der Waals surface area contributed by atoms with E-state index in [4.69, 9.17) is 28.3 Å². The average Bonchev–Trinajstić information content (AvgIpc) is 3.08. The summed E-state index contributed by atoms with van der Waals surface area (Å²) in [6.07, 6.45) is 0. The van der Waals surface area contributed by atoms with Crippen LogP contribution in [0.2, 0.25) is 9.36 Å². The van der Waals surface area contributed by atoms with E-state index in [-0.39, 0.29) is 12.2 Å². The van der Waals surface area contributed by atoms with Crippen LogP contribution in [-0.4, -0.2) is 33.4 Å². The topological polar surface area (TPSA) is 84.2 Å². The molecule has 0 radical (unpaired) electrons. The fourth-order valence-corrected chi connectivity index (χ4v) is 3.31. The van der Waals surface area contributed by atoms with Gasteiger partial charge in [0, 0.05) is 22.0 Å².